The molecular weight excluding hydrogens is 326 g/mol. The molecule has 5 heteroatoms. The summed E-state index contributed by atoms with van der Waals surface area (Å²) in [5, 5.41) is 3.67. The van der Waals surface area contributed by atoms with Crippen LogP contribution in [0.5, 0.6) is 5.75 Å². The number of carbonyl (C=O) groups is 1. The normalized spacial score (nSPS) is 11.0. The average Bonchev–Trinajstić information content (AvgIpc) is 2.62. The number of aromatic nitrogens is 1. The minimum atomic E-state index is -0.228. The number of nitrogens with zero attached hydrogens (tertiary/aromatic N) is 1. The lowest BCUT2D eigenvalue weighted by molar-refractivity contribution is -0.111. The minimum absolute atomic E-state index is 0.228. The number of benzene rings is 2. The molecule has 1 heterocycles. The van der Waals surface area contributed by atoms with Crippen LogP contribution in [0.3, 0.4) is 0 Å². The quantitative estimate of drug-likeness (QED) is 0.679. The van der Waals surface area contributed by atoms with Crippen molar-refractivity contribution in [2.24, 2.45) is 0 Å². The van der Waals surface area contributed by atoms with Crippen LogP contribution in [-0.2, 0) is 4.79 Å². The third kappa shape index (κ3) is 4.00. The van der Waals surface area contributed by atoms with Crippen LogP contribution < -0.4 is 15.8 Å². The lowest BCUT2D eigenvalue weighted by Crippen LogP contribution is -2.08. The molecule has 0 fully saturated rings. The van der Waals surface area contributed by atoms with E-state index < -0.39 is 0 Å². The Morgan fingerprint density at radius 1 is 1.23 bits per heavy atom. The summed E-state index contributed by atoms with van der Waals surface area (Å²) in [6.07, 6.45) is 3.22. The molecule has 2 aromatic carbocycles. The topological polar surface area (TPSA) is 77.2 Å². The van der Waals surface area contributed by atoms with Gasteiger partial charge in [-0.3, -0.25) is 9.78 Å². The van der Waals surface area contributed by atoms with Gasteiger partial charge >= 0.3 is 0 Å². The summed E-state index contributed by atoms with van der Waals surface area (Å²) in [7, 11) is 0. The first kappa shape index (κ1) is 17.5. The summed E-state index contributed by atoms with van der Waals surface area (Å²) in [6.45, 7) is 4.40. The summed E-state index contributed by atoms with van der Waals surface area (Å²) in [5.41, 5.74) is 9.89. The molecule has 0 bridgehead atoms. The first-order valence-corrected chi connectivity index (χ1v) is 8.44. The highest BCUT2D eigenvalue weighted by atomic mass is 16.5. The smallest absolute Gasteiger partial charge is 0.248 e. The van der Waals surface area contributed by atoms with Crippen molar-refractivity contribution in [3.63, 3.8) is 0 Å². The van der Waals surface area contributed by atoms with Gasteiger partial charge in [-0.05, 0) is 50.3 Å². The second-order valence-electron chi connectivity index (χ2n) is 5.88. The Hall–Kier alpha value is -3.34. The van der Waals surface area contributed by atoms with Crippen LogP contribution >= 0.6 is 0 Å². The number of anilines is 2. The lowest BCUT2D eigenvalue weighted by Gasteiger charge is -2.08. The van der Waals surface area contributed by atoms with E-state index in [2.05, 4.69) is 10.3 Å². The number of ether oxygens (including phenoxy) is 1. The Bertz CT molecular complexity index is 980. The van der Waals surface area contributed by atoms with Crippen LogP contribution in [0.4, 0.5) is 11.4 Å². The Kier molecular flexibility index (Phi) is 5.17. The molecule has 26 heavy (non-hydrogen) atoms. The van der Waals surface area contributed by atoms with Gasteiger partial charge in [0, 0.05) is 34.1 Å². The van der Waals surface area contributed by atoms with Gasteiger partial charge in [0.1, 0.15) is 5.75 Å². The Labute approximate surface area is 152 Å². The van der Waals surface area contributed by atoms with Crippen molar-refractivity contribution in [3.8, 4) is 5.75 Å². The number of hydrogen-bond acceptors (Lipinski definition) is 4. The number of nitrogen functional groups attached to an aromatic ring is 1. The molecule has 0 unspecified atom stereocenters. The van der Waals surface area contributed by atoms with Crippen LogP contribution in [-0.4, -0.2) is 17.5 Å². The molecule has 1 aromatic heterocycles. The van der Waals surface area contributed by atoms with E-state index in [9.17, 15) is 4.79 Å². The zero-order valence-electron chi connectivity index (χ0n) is 14.8. The maximum absolute atomic E-state index is 12.2. The molecule has 0 saturated carbocycles. The van der Waals surface area contributed by atoms with Crippen molar-refractivity contribution in [3.05, 3.63) is 65.9 Å². The zero-order chi connectivity index (χ0) is 18.5. The van der Waals surface area contributed by atoms with Crippen LogP contribution in [0.25, 0.3) is 17.0 Å². The molecule has 3 aromatic rings. The number of pyridine rings is 1. The number of rotatable bonds is 5. The number of hydrogen-bond donors (Lipinski definition) is 2. The van der Waals surface area contributed by atoms with Crippen LogP contribution in [0.2, 0.25) is 0 Å². The molecule has 0 aliphatic carbocycles. The Morgan fingerprint density at radius 2 is 2.04 bits per heavy atom. The first-order valence-electron chi connectivity index (χ1n) is 8.44. The summed E-state index contributed by atoms with van der Waals surface area (Å²) in [4.78, 5) is 16.7. The van der Waals surface area contributed by atoms with Crippen molar-refractivity contribution in [1.82, 2.24) is 4.98 Å². The minimum Gasteiger partial charge on any atom is -0.493 e. The van der Waals surface area contributed by atoms with E-state index in [0.29, 0.717) is 18.0 Å². The second-order valence-corrected chi connectivity index (χ2v) is 5.88. The molecule has 0 aliphatic rings. The van der Waals surface area contributed by atoms with Crippen molar-refractivity contribution < 1.29 is 9.53 Å². The number of para-hydroxylation sites is 1. The molecule has 5 nitrogen and oxygen atoms in total. The van der Waals surface area contributed by atoms with Gasteiger partial charge in [-0.2, -0.15) is 0 Å². The van der Waals surface area contributed by atoms with Crippen molar-refractivity contribution >= 4 is 34.3 Å². The third-order valence-electron chi connectivity index (χ3n) is 3.87. The molecule has 132 valence electrons. The molecule has 0 spiro atoms. The van der Waals surface area contributed by atoms with Gasteiger partial charge in [0.15, 0.2) is 0 Å². The van der Waals surface area contributed by atoms with Crippen molar-refractivity contribution in [1.29, 1.82) is 0 Å². The molecule has 0 radical (unpaired) electrons. The van der Waals surface area contributed by atoms with E-state index in [1.54, 1.807) is 6.08 Å². The van der Waals surface area contributed by atoms with Crippen molar-refractivity contribution in [2.75, 3.05) is 17.7 Å². The monoisotopic (exact) mass is 347 g/mol. The largest absolute Gasteiger partial charge is 0.493 e. The van der Waals surface area contributed by atoms with Gasteiger partial charge in [0.25, 0.3) is 0 Å². The molecule has 0 aliphatic heterocycles. The molecular formula is C21H21N3O2. The number of carbonyl (C=O) groups excluding carboxylic acids is 1. The summed E-state index contributed by atoms with van der Waals surface area (Å²) in [6, 6.07) is 14.9. The molecule has 1 amide bonds. The predicted octanol–water partition coefficient (Wildman–Crippen LogP) is 4.18. The molecule has 3 N–H and O–H groups in total. The number of nitrogens with one attached hydrogen (secondary N) is 1. The van der Waals surface area contributed by atoms with E-state index in [1.807, 2.05) is 62.4 Å². The highest BCUT2D eigenvalue weighted by molar-refractivity contribution is 6.04. The second kappa shape index (κ2) is 7.70. The highest BCUT2D eigenvalue weighted by Crippen LogP contribution is 2.24. The van der Waals surface area contributed by atoms with E-state index in [-0.39, 0.29) is 5.91 Å². The number of amides is 1. The average molecular weight is 347 g/mol. The lowest BCUT2D eigenvalue weighted by atomic mass is 10.1. The SMILES string of the molecule is CCOc1ccccc1C=CC(=O)Nc1ccc2nc(C)cc(N)c2c1. The highest BCUT2D eigenvalue weighted by Gasteiger charge is 2.05. The summed E-state index contributed by atoms with van der Waals surface area (Å²) < 4.78 is 5.55. The van der Waals surface area contributed by atoms with Gasteiger partial charge in [-0.25, -0.2) is 0 Å². The Morgan fingerprint density at radius 3 is 2.85 bits per heavy atom. The van der Waals surface area contributed by atoms with Crippen molar-refractivity contribution in [2.45, 2.75) is 13.8 Å². The van der Waals surface area contributed by atoms with Gasteiger partial charge in [0.2, 0.25) is 5.91 Å². The van der Waals surface area contributed by atoms with Crippen LogP contribution in [0, 0.1) is 6.92 Å². The fraction of sp³-hybridized carbons (Fsp3) is 0.143. The zero-order valence-corrected chi connectivity index (χ0v) is 14.8. The summed E-state index contributed by atoms with van der Waals surface area (Å²) >= 11 is 0. The fourth-order valence-electron chi connectivity index (χ4n) is 2.72. The van der Waals surface area contributed by atoms with E-state index in [1.165, 1.54) is 6.08 Å². The van der Waals surface area contributed by atoms with E-state index in [4.69, 9.17) is 10.5 Å². The van der Waals surface area contributed by atoms with Crippen LogP contribution in [0.15, 0.2) is 54.6 Å². The molecule has 3 rings (SSSR count). The standard InChI is InChI=1S/C21H21N3O2/c1-3-26-20-7-5-4-6-15(20)8-11-21(25)24-16-9-10-19-17(13-16)18(22)12-14(2)23-19/h4-13H,3H2,1-2H3,(H2,22,23)(H,24,25). The Balaban J connectivity index is 1.77. The third-order valence-corrected chi connectivity index (χ3v) is 3.87. The number of nitrogens with two attached hydrogens (primary N) is 1. The van der Waals surface area contributed by atoms with Gasteiger partial charge in [0.05, 0.1) is 12.1 Å². The van der Waals surface area contributed by atoms with Crippen LogP contribution in [0.1, 0.15) is 18.2 Å². The molecule has 0 atom stereocenters. The maximum atomic E-state index is 12.2. The number of aryl methyl sites for hydroxylation is 1. The van der Waals surface area contributed by atoms with E-state index >= 15 is 0 Å². The summed E-state index contributed by atoms with van der Waals surface area (Å²) in [5.74, 6) is 0.522. The number of fused-ring (bicyclic) bond motifs is 1. The molecule has 0 saturated heterocycles. The predicted molar refractivity (Wildman–Crippen MR) is 106 cm³/mol. The van der Waals surface area contributed by atoms with Gasteiger partial charge in [-0.15, -0.1) is 0 Å². The maximum Gasteiger partial charge on any atom is 0.248 e. The fourth-order valence-corrected chi connectivity index (χ4v) is 2.72. The van der Waals surface area contributed by atoms with Gasteiger partial charge in [-0.1, -0.05) is 18.2 Å². The van der Waals surface area contributed by atoms with Gasteiger partial charge < -0.3 is 15.8 Å². The van der Waals surface area contributed by atoms with E-state index in [0.717, 1.165) is 27.9 Å². The first-order chi connectivity index (χ1) is 12.6.